The van der Waals surface area contributed by atoms with Crippen molar-refractivity contribution >= 4 is 17.4 Å². The predicted octanol–water partition coefficient (Wildman–Crippen LogP) is 2.33. The molecule has 1 aliphatic heterocycles. The summed E-state index contributed by atoms with van der Waals surface area (Å²) in [4.78, 5) is 18.9. The Hall–Kier alpha value is -2.11. The molecule has 0 radical (unpaired) electrons. The molecule has 1 unspecified atom stereocenters. The first-order valence-corrected chi connectivity index (χ1v) is 8.96. The van der Waals surface area contributed by atoms with E-state index in [1.807, 2.05) is 11.4 Å². The summed E-state index contributed by atoms with van der Waals surface area (Å²) in [6.07, 6.45) is 3.92. The van der Waals surface area contributed by atoms with Crippen LogP contribution >= 0.6 is 0 Å². The molecular formula is C18H25N5O. The van der Waals surface area contributed by atoms with Crippen molar-refractivity contribution in [2.45, 2.75) is 52.5 Å². The number of carbonyl (C=O) groups is 1. The van der Waals surface area contributed by atoms with Crippen molar-refractivity contribution in [1.82, 2.24) is 19.5 Å². The molecule has 1 saturated carbocycles. The highest BCUT2D eigenvalue weighted by Gasteiger charge is 2.39. The van der Waals surface area contributed by atoms with Crippen molar-refractivity contribution in [2.75, 3.05) is 18.4 Å². The number of nitrogens with zero attached hydrogens (tertiary/aromatic N) is 4. The second-order valence-electron chi connectivity index (χ2n) is 7.16. The third-order valence-electron chi connectivity index (χ3n) is 5.27. The van der Waals surface area contributed by atoms with Crippen molar-refractivity contribution in [3.8, 4) is 0 Å². The molecule has 1 saturated heterocycles. The molecule has 6 nitrogen and oxygen atoms in total. The summed E-state index contributed by atoms with van der Waals surface area (Å²) in [7, 11) is 0. The molecule has 1 amide bonds. The molecule has 1 atom stereocenters. The Kier molecular flexibility index (Phi) is 3.70. The monoisotopic (exact) mass is 327 g/mol. The normalized spacial score (nSPS) is 21.0. The van der Waals surface area contributed by atoms with Crippen molar-refractivity contribution in [1.29, 1.82) is 0 Å². The van der Waals surface area contributed by atoms with E-state index in [2.05, 4.69) is 35.2 Å². The lowest BCUT2D eigenvalue weighted by molar-refractivity contribution is -0.128. The summed E-state index contributed by atoms with van der Waals surface area (Å²) in [5.74, 6) is 1.68. The number of aryl methyl sites for hydroxylation is 3. The number of aromatic nitrogens is 3. The smallest absolute Gasteiger partial charge is 0.223 e. The van der Waals surface area contributed by atoms with Crippen LogP contribution in [-0.4, -0.2) is 44.5 Å². The molecule has 6 heteroatoms. The molecule has 24 heavy (non-hydrogen) atoms. The van der Waals surface area contributed by atoms with Crippen LogP contribution in [0.25, 0.3) is 5.65 Å². The third kappa shape index (κ3) is 2.64. The summed E-state index contributed by atoms with van der Waals surface area (Å²) in [5, 5.41) is 8.14. The first kappa shape index (κ1) is 15.4. The molecular weight excluding hydrogens is 302 g/mol. The SMILES string of the molecule is CCc1cc(NCC2CC(=O)N(C3CC3)C2)n2nc(C)c(C)c2n1. The van der Waals surface area contributed by atoms with Gasteiger partial charge in [0.05, 0.1) is 5.69 Å². The number of rotatable bonds is 5. The Morgan fingerprint density at radius 2 is 2.12 bits per heavy atom. The number of nitrogens with one attached hydrogen (secondary N) is 1. The first-order chi connectivity index (χ1) is 11.6. The van der Waals surface area contributed by atoms with Crippen molar-refractivity contribution in [3.63, 3.8) is 0 Å². The lowest BCUT2D eigenvalue weighted by Crippen LogP contribution is -2.28. The molecule has 2 fully saturated rings. The highest BCUT2D eigenvalue weighted by Crippen LogP contribution is 2.32. The van der Waals surface area contributed by atoms with Gasteiger partial charge in [0.15, 0.2) is 5.65 Å². The number of hydrogen-bond acceptors (Lipinski definition) is 4. The van der Waals surface area contributed by atoms with Crippen molar-refractivity contribution in [3.05, 3.63) is 23.0 Å². The van der Waals surface area contributed by atoms with Crippen LogP contribution in [0.4, 0.5) is 5.82 Å². The molecule has 1 N–H and O–H groups in total. The lowest BCUT2D eigenvalue weighted by Gasteiger charge is -2.16. The van der Waals surface area contributed by atoms with E-state index >= 15 is 0 Å². The molecule has 2 aliphatic rings. The van der Waals surface area contributed by atoms with Crippen LogP contribution in [0.5, 0.6) is 0 Å². The molecule has 2 aromatic heterocycles. The van der Waals surface area contributed by atoms with Gasteiger partial charge in [0.25, 0.3) is 0 Å². The summed E-state index contributed by atoms with van der Waals surface area (Å²) in [5.41, 5.74) is 4.13. The molecule has 128 valence electrons. The van der Waals surface area contributed by atoms with Crippen LogP contribution in [0.15, 0.2) is 6.07 Å². The van der Waals surface area contributed by atoms with E-state index in [1.54, 1.807) is 0 Å². The summed E-state index contributed by atoms with van der Waals surface area (Å²) >= 11 is 0. The number of carbonyl (C=O) groups excluding carboxylic acids is 1. The van der Waals surface area contributed by atoms with Gasteiger partial charge in [-0.2, -0.15) is 9.61 Å². The summed E-state index contributed by atoms with van der Waals surface area (Å²) in [6, 6.07) is 2.60. The van der Waals surface area contributed by atoms with Gasteiger partial charge in [-0.3, -0.25) is 4.79 Å². The Labute approximate surface area is 142 Å². The van der Waals surface area contributed by atoms with Crippen LogP contribution in [0.2, 0.25) is 0 Å². The number of fused-ring (bicyclic) bond motifs is 1. The summed E-state index contributed by atoms with van der Waals surface area (Å²) < 4.78 is 1.90. The third-order valence-corrected chi connectivity index (χ3v) is 5.27. The van der Waals surface area contributed by atoms with Gasteiger partial charge >= 0.3 is 0 Å². The summed E-state index contributed by atoms with van der Waals surface area (Å²) in [6.45, 7) is 7.89. The van der Waals surface area contributed by atoms with E-state index in [0.29, 0.717) is 24.3 Å². The largest absolute Gasteiger partial charge is 0.370 e. The minimum absolute atomic E-state index is 0.323. The fourth-order valence-electron chi connectivity index (χ4n) is 3.52. The predicted molar refractivity (Wildman–Crippen MR) is 93.2 cm³/mol. The van der Waals surface area contributed by atoms with E-state index in [0.717, 1.165) is 47.9 Å². The van der Waals surface area contributed by atoms with Crippen molar-refractivity contribution < 1.29 is 4.79 Å². The Morgan fingerprint density at radius 3 is 2.83 bits per heavy atom. The van der Waals surface area contributed by atoms with Gasteiger partial charge in [0, 0.05) is 48.8 Å². The van der Waals surface area contributed by atoms with Crippen LogP contribution in [0.1, 0.15) is 43.1 Å². The maximum Gasteiger partial charge on any atom is 0.223 e. The van der Waals surface area contributed by atoms with Crippen LogP contribution in [-0.2, 0) is 11.2 Å². The highest BCUT2D eigenvalue weighted by atomic mass is 16.2. The van der Waals surface area contributed by atoms with E-state index in [-0.39, 0.29) is 0 Å². The van der Waals surface area contributed by atoms with Gasteiger partial charge in [-0.1, -0.05) is 6.92 Å². The lowest BCUT2D eigenvalue weighted by atomic mass is 10.1. The fraction of sp³-hybridized carbons (Fsp3) is 0.611. The minimum atomic E-state index is 0.323. The topological polar surface area (TPSA) is 62.5 Å². The minimum Gasteiger partial charge on any atom is -0.370 e. The van der Waals surface area contributed by atoms with Crippen LogP contribution in [0.3, 0.4) is 0 Å². The molecule has 0 bridgehead atoms. The van der Waals surface area contributed by atoms with Gasteiger partial charge in [-0.15, -0.1) is 0 Å². The zero-order chi connectivity index (χ0) is 16.8. The standard InChI is InChI=1S/C18H25N5O/c1-4-14-8-16(23-18(20-14)11(2)12(3)21-23)19-9-13-7-17(24)22(10-13)15-5-6-15/h8,13,15,19H,4-7,9-10H2,1-3H3. The number of likely N-dealkylation sites (tertiary alicyclic amines) is 1. The number of amides is 1. The number of anilines is 1. The maximum absolute atomic E-state index is 12.1. The first-order valence-electron chi connectivity index (χ1n) is 8.96. The highest BCUT2D eigenvalue weighted by molar-refractivity contribution is 5.79. The average Bonchev–Trinajstić information content (AvgIpc) is 3.29. The Balaban J connectivity index is 1.54. The van der Waals surface area contributed by atoms with Crippen molar-refractivity contribution in [2.24, 2.45) is 5.92 Å². The van der Waals surface area contributed by atoms with Gasteiger partial charge < -0.3 is 10.2 Å². The van der Waals surface area contributed by atoms with Gasteiger partial charge in [0.2, 0.25) is 5.91 Å². The van der Waals surface area contributed by atoms with Gasteiger partial charge in [0.1, 0.15) is 5.82 Å². The van der Waals surface area contributed by atoms with Gasteiger partial charge in [-0.05, 0) is 33.1 Å². The fourth-order valence-corrected chi connectivity index (χ4v) is 3.52. The Bertz CT molecular complexity index is 792. The van der Waals surface area contributed by atoms with E-state index < -0.39 is 0 Å². The maximum atomic E-state index is 12.1. The second-order valence-corrected chi connectivity index (χ2v) is 7.16. The Morgan fingerprint density at radius 1 is 1.33 bits per heavy atom. The average molecular weight is 327 g/mol. The second kappa shape index (κ2) is 5.76. The zero-order valence-electron chi connectivity index (χ0n) is 14.7. The zero-order valence-corrected chi connectivity index (χ0v) is 14.7. The number of hydrogen-bond donors (Lipinski definition) is 1. The van der Waals surface area contributed by atoms with E-state index in [1.165, 1.54) is 12.8 Å². The van der Waals surface area contributed by atoms with E-state index in [4.69, 9.17) is 4.98 Å². The van der Waals surface area contributed by atoms with Gasteiger partial charge in [-0.25, -0.2) is 4.98 Å². The van der Waals surface area contributed by atoms with Crippen LogP contribution in [0, 0.1) is 19.8 Å². The van der Waals surface area contributed by atoms with Crippen LogP contribution < -0.4 is 5.32 Å². The molecule has 1 aliphatic carbocycles. The van der Waals surface area contributed by atoms with E-state index in [9.17, 15) is 4.79 Å². The molecule has 3 heterocycles. The molecule has 2 aromatic rings. The quantitative estimate of drug-likeness (QED) is 0.915. The molecule has 4 rings (SSSR count). The molecule has 0 spiro atoms. The molecule has 0 aromatic carbocycles.